The fourth-order valence-corrected chi connectivity index (χ4v) is 2.42. The fourth-order valence-electron chi connectivity index (χ4n) is 2.23. The molecule has 2 N–H and O–H groups in total. The number of ether oxygens (including phenoxy) is 1. The summed E-state index contributed by atoms with van der Waals surface area (Å²) in [6.07, 6.45) is 0. The molecule has 0 saturated carbocycles. The van der Waals surface area contributed by atoms with E-state index in [0.29, 0.717) is 10.9 Å². The molecular weight excluding hydrogens is 336 g/mol. The summed E-state index contributed by atoms with van der Waals surface area (Å²) in [5, 5.41) is 19.6. The van der Waals surface area contributed by atoms with E-state index < -0.39 is 11.6 Å². The van der Waals surface area contributed by atoms with E-state index in [4.69, 9.17) is 20.8 Å². The van der Waals surface area contributed by atoms with E-state index in [1.54, 1.807) is 6.07 Å². The average Bonchev–Trinajstić information content (AvgIpc) is 2.54. The Morgan fingerprint density at radius 2 is 1.79 bits per heavy atom. The quantitative estimate of drug-likeness (QED) is 0.558. The minimum atomic E-state index is -0.740. The molecule has 0 fully saturated rings. The van der Waals surface area contributed by atoms with Crippen molar-refractivity contribution in [1.82, 2.24) is 0 Å². The topological polar surface area (TPSA) is 97.0 Å². The van der Waals surface area contributed by atoms with E-state index in [-0.39, 0.29) is 34.3 Å². The highest BCUT2D eigenvalue weighted by molar-refractivity contribution is 6.33. The van der Waals surface area contributed by atoms with Crippen molar-refractivity contribution in [2.45, 2.75) is 6.61 Å². The first kappa shape index (κ1) is 15.9. The molecule has 24 heavy (non-hydrogen) atoms. The molecule has 7 heteroatoms. The Kier molecular flexibility index (Phi) is 4.14. The van der Waals surface area contributed by atoms with Crippen LogP contribution in [0.25, 0.3) is 11.0 Å². The van der Waals surface area contributed by atoms with Crippen LogP contribution in [-0.2, 0) is 11.3 Å². The third-order valence-corrected chi connectivity index (χ3v) is 3.67. The summed E-state index contributed by atoms with van der Waals surface area (Å²) in [7, 11) is 0. The van der Waals surface area contributed by atoms with Gasteiger partial charge in [0, 0.05) is 23.1 Å². The first-order chi connectivity index (χ1) is 11.4. The maximum Gasteiger partial charge on any atom is 0.340 e. The lowest BCUT2D eigenvalue weighted by molar-refractivity contribution is 0.0473. The van der Waals surface area contributed by atoms with E-state index in [0.717, 1.165) is 0 Å². The van der Waals surface area contributed by atoms with Crippen molar-refractivity contribution in [2.75, 3.05) is 0 Å². The molecule has 0 spiro atoms. The Morgan fingerprint density at radius 1 is 1.08 bits per heavy atom. The number of aromatic hydroxyl groups is 2. The van der Waals surface area contributed by atoms with Gasteiger partial charge in [0.25, 0.3) is 0 Å². The summed E-state index contributed by atoms with van der Waals surface area (Å²) in [6, 6.07) is 9.41. The third-order valence-electron chi connectivity index (χ3n) is 3.34. The number of hydrogen-bond acceptors (Lipinski definition) is 6. The minimum Gasteiger partial charge on any atom is -0.508 e. The van der Waals surface area contributed by atoms with Crippen LogP contribution in [0.1, 0.15) is 15.9 Å². The summed E-state index contributed by atoms with van der Waals surface area (Å²) in [5.41, 5.74) is -0.00840. The second-order valence-corrected chi connectivity index (χ2v) is 5.42. The number of benzene rings is 2. The Bertz CT molecular complexity index is 992. The lowest BCUT2D eigenvalue weighted by Crippen LogP contribution is -2.08. The van der Waals surface area contributed by atoms with Gasteiger partial charge in [-0.1, -0.05) is 11.6 Å². The van der Waals surface area contributed by atoms with Gasteiger partial charge in [-0.25, -0.2) is 9.59 Å². The van der Waals surface area contributed by atoms with Gasteiger partial charge >= 0.3 is 11.6 Å². The maximum absolute atomic E-state index is 12.1. The third kappa shape index (κ3) is 3.18. The van der Waals surface area contributed by atoms with Crippen LogP contribution in [0.2, 0.25) is 5.02 Å². The fraction of sp³-hybridized carbons (Fsp3) is 0.0588. The molecule has 2 aromatic carbocycles. The van der Waals surface area contributed by atoms with Crippen molar-refractivity contribution in [2.24, 2.45) is 0 Å². The van der Waals surface area contributed by atoms with Gasteiger partial charge in [0.1, 0.15) is 23.7 Å². The van der Waals surface area contributed by atoms with Crippen LogP contribution in [0.3, 0.4) is 0 Å². The van der Waals surface area contributed by atoms with Gasteiger partial charge < -0.3 is 19.4 Å². The second-order valence-electron chi connectivity index (χ2n) is 5.01. The van der Waals surface area contributed by atoms with Gasteiger partial charge in [0.15, 0.2) is 0 Å². The lowest BCUT2D eigenvalue weighted by atomic mass is 10.1. The van der Waals surface area contributed by atoms with Crippen molar-refractivity contribution in [3.8, 4) is 11.5 Å². The number of carbonyl (C=O) groups is 1. The van der Waals surface area contributed by atoms with Crippen LogP contribution >= 0.6 is 11.6 Å². The first-order valence-electron chi connectivity index (χ1n) is 6.85. The summed E-state index contributed by atoms with van der Waals surface area (Å²) < 4.78 is 10.2. The molecule has 1 aromatic heterocycles. The van der Waals surface area contributed by atoms with Crippen LogP contribution in [0.15, 0.2) is 51.7 Å². The van der Waals surface area contributed by atoms with Gasteiger partial charge in [0.05, 0.1) is 10.6 Å². The molecule has 0 aliphatic rings. The zero-order chi connectivity index (χ0) is 17.3. The van der Waals surface area contributed by atoms with Crippen LogP contribution in [0.5, 0.6) is 11.5 Å². The van der Waals surface area contributed by atoms with Crippen LogP contribution in [0.4, 0.5) is 0 Å². The molecule has 0 bridgehead atoms. The number of esters is 1. The summed E-state index contributed by atoms with van der Waals surface area (Å²) >= 11 is 5.91. The lowest BCUT2D eigenvalue weighted by Gasteiger charge is -2.08. The van der Waals surface area contributed by atoms with Crippen molar-refractivity contribution in [3.05, 3.63) is 69.0 Å². The molecule has 122 valence electrons. The Labute approximate surface area is 140 Å². The van der Waals surface area contributed by atoms with E-state index >= 15 is 0 Å². The number of rotatable bonds is 3. The Balaban J connectivity index is 1.89. The molecule has 0 atom stereocenters. The molecule has 0 saturated heterocycles. The van der Waals surface area contributed by atoms with Crippen LogP contribution in [0, 0.1) is 0 Å². The minimum absolute atomic E-state index is 0.0154. The van der Waals surface area contributed by atoms with E-state index in [2.05, 4.69) is 0 Å². The van der Waals surface area contributed by atoms with Crippen molar-refractivity contribution < 1.29 is 24.2 Å². The average molecular weight is 347 g/mol. The van der Waals surface area contributed by atoms with Crippen LogP contribution < -0.4 is 5.63 Å². The standard InChI is InChI=1S/C17H11ClO6/c18-14-4-2-10(19)6-13(14)17(22)23-8-9-5-16(21)24-15-7-11(20)1-3-12(9)15/h1-7,19-20H,8H2. The van der Waals surface area contributed by atoms with Gasteiger partial charge in [-0.3, -0.25) is 0 Å². The van der Waals surface area contributed by atoms with Gasteiger partial charge in [0.2, 0.25) is 0 Å². The van der Waals surface area contributed by atoms with E-state index in [1.165, 1.54) is 36.4 Å². The highest BCUT2D eigenvalue weighted by Gasteiger charge is 2.14. The largest absolute Gasteiger partial charge is 0.508 e. The normalized spacial score (nSPS) is 10.7. The van der Waals surface area contributed by atoms with Crippen molar-refractivity contribution >= 4 is 28.5 Å². The number of phenolic OH excluding ortho intramolecular Hbond substituents is 2. The molecule has 0 unspecified atom stereocenters. The number of fused-ring (bicyclic) bond motifs is 1. The first-order valence-corrected chi connectivity index (χ1v) is 7.23. The summed E-state index contributed by atoms with van der Waals surface area (Å²) in [5.74, 6) is -0.907. The zero-order valence-corrected chi connectivity index (χ0v) is 12.9. The molecule has 0 aliphatic heterocycles. The smallest absolute Gasteiger partial charge is 0.340 e. The molecule has 3 aromatic rings. The zero-order valence-electron chi connectivity index (χ0n) is 12.2. The number of phenols is 2. The van der Waals surface area contributed by atoms with Crippen molar-refractivity contribution in [1.29, 1.82) is 0 Å². The van der Waals surface area contributed by atoms with E-state index in [9.17, 15) is 19.8 Å². The van der Waals surface area contributed by atoms with Gasteiger partial charge in [-0.05, 0) is 30.3 Å². The highest BCUT2D eigenvalue weighted by Crippen LogP contribution is 2.24. The molecule has 6 nitrogen and oxygen atoms in total. The van der Waals surface area contributed by atoms with Gasteiger partial charge in [-0.15, -0.1) is 0 Å². The summed E-state index contributed by atoms with van der Waals surface area (Å²) in [6.45, 7) is -0.197. The molecule has 3 rings (SSSR count). The van der Waals surface area contributed by atoms with E-state index in [1.807, 2.05) is 0 Å². The molecule has 0 radical (unpaired) electrons. The number of hydrogen-bond donors (Lipinski definition) is 2. The van der Waals surface area contributed by atoms with Crippen molar-refractivity contribution in [3.63, 3.8) is 0 Å². The maximum atomic E-state index is 12.1. The monoisotopic (exact) mass is 346 g/mol. The highest BCUT2D eigenvalue weighted by atomic mass is 35.5. The molecular formula is C17H11ClO6. The Hall–Kier alpha value is -2.99. The molecule has 0 aliphatic carbocycles. The van der Waals surface area contributed by atoms with Gasteiger partial charge in [-0.2, -0.15) is 0 Å². The predicted octanol–water partition coefficient (Wildman–Crippen LogP) is 3.21. The Morgan fingerprint density at radius 3 is 2.58 bits per heavy atom. The molecule has 1 heterocycles. The van der Waals surface area contributed by atoms with Crippen LogP contribution in [-0.4, -0.2) is 16.2 Å². The predicted molar refractivity (Wildman–Crippen MR) is 86.4 cm³/mol. The number of halogens is 1. The second kappa shape index (κ2) is 6.25. The summed E-state index contributed by atoms with van der Waals surface area (Å²) in [4.78, 5) is 23.7. The SMILES string of the molecule is O=C(OCc1cc(=O)oc2cc(O)ccc12)c1cc(O)ccc1Cl. The molecule has 0 amide bonds. The number of carbonyl (C=O) groups excluding carboxylic acids is 1.